The molecule has 1 atom stereocenters. The topological polar surface area (TPSA) is 51.5 Å². The van der Waals surface area contributed by atoms with Crippen molar-refractivity contribution in [2.45, 2.75) is 20.0 Å². The van der Waals surface area contributed by atoms with Gasteiger partial charge in [-0.25, -0.2) is 0 Å². The first-order chi connectivity index (χ1) is 9.58. The molecule has 5 heteroatoms. The SMILES string of the molecule is Cc1ccccc1O[C@H](C)CNC(=O)c1occc1Br. The minimum absolute atomic E-state index is 0.131. The second kappa shape index (κ2) is 6.61. The zero-order valence-electron chi connectivity index (χ0n) is 11.4. The zero-order chi connectivity index (χ0) is 14.5. The molecule has 0 saturated carbocycles. The van der Waals surface area contributed by atoms with Gasteiger partial charge in [-0.2, -0.15) is 0 Å². The quantitative estimate of drug-likeness (QED) is 0.907. The van der Waals surface area contributed by atoms with Crippen LogP contribution in [0, 0.1) is 6.92 Å². The highest BCUT2D eigenvalue weighted by molar-refractivity contribution is 9.10. The van der Waals surface area contributed by atoms with E-state index >= 15 is 0 Å². The van der Waals surface area contributed by atoms with Crippen molar-refractivity contribution in [3.8, 4) is 5.75 Å². The fourth-order valence-electron chi connectivity index (χ4n) is 1.72. The van der Waals surface area contributed by atoms with Gasteiger partial charge in [-0.3, -0.25) is 4.79 Å². The van der Waals surface area contributed by atoms with Crippen LogP contribution in [0.25, 0.3) is 0 Å². The number of carbonyl (C=O) groups excluding carboxylic acids is 1. The van der Waals surface area contributed by atoms with E-state index in [-0.39, 0.29) is 17.8 Å². The molecule has 0 radical (unpaired) electrons. The van der Waals surface area contributed by atoms with Gasteiger partial charge in [0.1, 0.15) is 11.9 Å². The summed E-state index contributed by atoms with van der Waals surface area (Å²) in [6.07, 6.45) is 1.33. The predicted octanol–water partition coefficient (Wildman–Crippen LogP) is 3.55. The second-order valence-electron chi connectivity index (χ2n) is 4.50. The molecule has 1 aromatic carbocycles. The number of furan rings is 1. The average Bonchev–Trinajstić information content (AvgIpc) is 2.85. The van der Waals surface area contributed by atoms with Crippen molar-refractivity contribution in [3.63, 3.8) is 0 Å². The molecule has 4 nitrogen and oxygen atoms in total. The minimum Gasteiger partial charge on any atom is -0.489 e. The highest BCUT2D eigenvalue weighted by Crippen LogP contribution is 2.18. The smallest absolute Gasteiger partial charge is 0.288 e. The van der Waals surface area contributed by atoms with E-state index in [0.717, 1.165) is 11.3 Å². The third-order valence-electron chi connectivity index (χ3n) is 2.80. The maximum Gasteiger partial charge on any atom is 0.288 e. The summed E-state index contributed by atoms with van der Waals surface area (Å²) in [6, 6.07) is 9.47. The molecule has 20 heavy (non-hydrogen) atoms. The Morgan fingerprint density at radius 3 is 2.80 bits per heavy atom. The van der Waals surface area contributed by atoms with Crippen molar-refractivity contribution in [2.24, 2.45) is 0 Å². The minimum atomic E-state index is -0.262. The van der Waals surface area contributed by atoms with E-state index in [4.69, 9.17) is 9.15 Å². The highest BCUT2D eigenvalue weighted by Gasteiger charge is 2.15. The molecule has 2 rings (SSSR count). The molecule has 0 bridgehead atoms. The van der Waals surface area contributed by atoms with Crippen LogP contribution in [0.4, 0.5) is 0 Å². The van der Waals surface area contributed by atoms with Crippen molar-refractivity contribution < 1.29 is 13.9 Å². The predicted molar refractivity (Wildman–Crippen MR) is 80.0 cm³/mol. The van der Waals surface area contributed by atoms with Crippen LogP contribution in [0.2, 0.25) is 0 Å². The monoisotopic (exact) mass is 337 g/mol. The van der Waals surface area contributed by atoms with Crippen molar-refractivity contribution in [1.29, 1.82) is 0 Å². The fourth-order valence-corrected chi connectivity index (χ4v) is 2.10. The maximum absolute atomic E-state index is 11.9. The molecular formula is C15H16BrNO3. The van der Waals surface area contributed by atoms with Gasteiger partial charge >= 0.3 is 0 Å². The number of amides is 1. The van der Waals surface area contributed by atoms with E-state index in [0.29, 0.717) is 11.0 Å². The Morgan fingerprint density at radius 1 is 1.40 bits per heavy atom. The number of rotatable bonds is 5. The van der Waals surface area contributed by atoms with Crippen molar-refractivity contribution >= 4 is 21.8 Å². The number of carbonyl (C=O) groups is 1. The van der Waals surface area contributed by atoms with Gasteiger partial charge in [-0.05, 0) is 47.5 Å². The first-order valence-corrected chi connectivity index (χ1v) is 7.10. The Balaban J connectivity index is 1.87. The van der Waals surface area contributed by atoms with Gasteiger partial charge in [0.2, 0.25) is 5.76 Å². The van der Waals surface area contributed by atoms with Crippen LogP contribution in [0.5, 0.6) is 5.75 Å². The van der Waals surface area contributed by atoms with E-state index < -0.39 is 0 Å². The average molecular weight is 338 g/mol. The summed E-state index contributed by atoms with van der Waals surface area (Å²) in [5, 5.41) is 2.78. The van der Waals surface area contributed by atoms with Gasteiger partial charge in [0, 0.05) is 0 Å². The van der Waals surface area contributed by atoms with Gasteiger partial charge in [0.05, 0.1) is 17.3 Å². The Bertz CT molecular complexity index is 594. The highest BCUT2D eigenvalue weighted by atomic mass is 79.9. The van der Waals surface area contributed by atoms with Crippen molar-refractivity contribution in [1.82, 2.24) is 5.32 Å². The molecule has 0 saturated heterocycles. The van der Waals surface area contributed by atoms with Crippen LogP contribution in [0.1, 0.15) is 23.0 Å². The molecule has 106 valence electrons. The fraction of sp³-hybridized carbons (Fsp3) is 0.267. The second-order valence-corrected chi connectivity index (χ2v) is 5.36. The molecule has 0 fully saturated rings. The third-order valence-corrected chi connectivity index (χ3v) is 3.42. The summed E-state index contributed by atoms with van der Waals surface area (Å²) in [5.41, 5.74) is 1.07. The maximum atomic E-state index is 11.9. The van der Waals surface area contributed by atoms with Crippen LogP contribution < -0.4 is 10.1 Å². The van der Waals surface area contributed by atoms with E-state index in [1.165, 1.54) is 6.26 Å². The van der Waals surface area contributed by atoms with Gasteiger partial charge in [-0.1, -0.05) is 18.2 Å². The Labute approximate surface area is 126 Å². The van der Waals surface area contributed by atoms with E-state index in [1.54, 1.807) is 6.07 Å². The first-order valence-electron chi connectivity index (χ1n) is 6.31. The normalized spacial score (nSPS) is 11.9. The summed E-state index contributed by atoms with van der Waals surface area (Å²) >= 11 is 3.25. The van der Waals surface area contributed by atoms with E-state index in [9.17, 15) is 4.79 Å². The number of nitrogens with one attached hydrogen (secondary N) is 1. The van der Waals surface area contributed by atoms with E-state index in [1.807, 2.05) is 38.1 Å². The molecule has 1 aromatic heterocycles. The summed E-state index contributed by atoms with van der Waals surface area (Å²) in [5.74, 6) is 0.837. The summed E-state index contributed by atoms with van der Waals surface area (Å²) in [6.45, 7) is 4.30. The molecule has 0 aliphatic carbocycles. The van der Waals surface area contributed by atoms with Gasteiger partial charge in [0.15, 0.2) is 0 Å². The van der Waals surface area contributed by atoms with Gasteiger partial charge in [-0.15, -0.1) is 0 Å². The summed E-state index contributed by atoms with van der Waals surface area (Å²) < 4.78 is 11.5. The van der Waals surface area contributed by atoms with Gasteiger partial charge in [0.25, 0.3) is 5.91 Å². The zero-order valence-corrected chi connectivity index (χ0v) is 12.9. The molecule has 1 heterocycles. The summed E-state index contributed by atoms with van der Waals surface area (Å²) in [7, 11) is 0. The lowest BCUT2D eigenvalue weighted by atomic mass is 10.2. The molecule has 1 amide bonds. The Kier molecular flexibility index (Phi) is 4.84. The molecule has 0 unspecified atom stereocenters. The molecule has 0 aliphatic heterocycles. The van der Waals surface area contributed by atoms with Crippen LogP contribution in [-0.2, 0) is 0 Å². The van der Waals surface area contributed by atoms with Crippen molar-refractivity contribution in [2.75, 3.05) is 6.54 Å². The van der Waals surface area contributed by atoms with Crippen LogP contribution in [0.15, 0.2) is 45.5 Å². The largest absolute Gasteiger partial charge is 0.489 e. The number of hydrogen-bond acceptors (Lipinski definition) is 3. The summed E-state index contributed by atoms with van der Waals surface area (Å²) in [4.78, 5) is 11.9. The van der Waals surface area contributed by atoms with Gasteiger partial charge < -0.3 is 14.5 Å². The molecule has 0 spiro atoms. The van der Waals surface area contributed by atoms with Crippen LogP contribution >= 0.6 is 15.9 Å². The number of aryl methyl sites for hydroxylation is 1. The molecular weight excluding hydrogens is 322 g/mol. The lowest BCUT2D eigenvalue weighted by Gasteiger charge is -2.16. The first kappa shape index (κ1) is 14.7. The standard InChI is InChI=1S/C15H16BrNO3/c1-10-5-3-4-6-13(10)20-11(2)9-17-15(18)14-12(16)7-8-19-14/h3-8,11H,9H2,1-2H3,(H,17,18)/t11-/m1/s1. The van der Waals surface area contributed by atoms with Crippen molar-refractivity contribution in [3.05, 3.63) is 52.4 Å². The Hall–Kier alpha value is -1.75. The van der Waals surface area contributed by atoms with Crippen LogP contribution in [-0.4, -0.2) is 18.6 Å². The number of halogens is 1. The lowest BCUT2D eigenvalue weighted by Crippen LogP contribution is -2.33. The number of hydrogen-bond donors (Lipinski definition) is 1. The van der Waals surface area contributed by atoms with Crippen LogP contribution in [0.3, 0.4) is 0 Å². The molecule has 1 N–H and O–H groups in total. The Morgan fingerprint density at radius 2 is 2.15 bits per heavy atom. The molecule has 0 aliphatic rings. The van der Waals surface area contributed by atoms with E-state index in [2.05, 4.69) is 21.2 Å². The third kappa shape index (κ3) is 3.63. The number of para-hydroxylation sites is 1. The lowest BCUT2D eigenvalue weighted by molar-refractivity contribution is 0.0903. The number of benzene rings is 1. The molecule has 2 aromatic rings. The number of ether oxygens (including phenoxy) is 1.